The van der Waals surface area contributed by atoms with E-state index in [-0.39, 0.29) is 30.4 Å². The standard InChI is InChI=1S/C31H39NO4Si/c1-30(2,3)37(4,5)36-22-21-27(29(34)35)32-28(33)23-31(24-15-9-6-10-16-24,25-17-11-7-12-18-25)26-19-13-8-14-20-26/h6-20,27H,21-23H2,1-5H3,(H,32,33)(H,34,35)/t27-/m0/s1. The number of hydrogen-bond donors (Lipinski definition) is 2. The summed E-state index contributed by atoms with van der Waals surface area (Å²) in [7, 11) is -2.02. The van der Waals surface area contributed by atoms with Crippen molar-refractivity contribution >= 4 is 20.2 Å². The number of aliphatic carboxylic acids is 1. The van der Waals surface area contributed by atoms with Crippen LogP contribution in [0.1, 0.15) is 50.3 Å². The Bertz CT molecular complexity index is 1060. The fraction of sp³-hybridized carbons (Fsp3) is 0.355. The monoisotopic (exact) mass is 517 g/mol. The highest BCUT2D eigenvalue weighted by molar-refractivity contribution is 6.74. The minimum atomic E-state index is -2.02. The zero-order valence-electron chi connectivity index (χ0n) is 22.5. The minimum absolute atomic E-state index is 0.0234. The molecule has 0 aromatic heterocycles. The average Bonchev–Trinajstić information content (AvgIpc) is 2.87. The summed E-state index contributed by atoms with van der Waals surface area (Å²) in [6.45, 7) is 11.0. The molecule has 0 unspecified atom stereocenters. The number of carboxylic acid groups (broad SMARTS) is 1. The SMILES string of the molecule is CC(C)(C)[Si](C)(C)OCC[C@H](NC(=O)CC(c1ccccc1)(c1ccccc1)c1ccccc1)C(=O)O. The lowest BCUT2D eigenvalue weighted by atomic mass is 9.67. The summed E-state index contributed by atoms with van der Waals surface area (Å²) in [6, 6.07) is 28.7. The van der Waals surface area contributed by atoms with Crippen molar-refractivity contribution in [2.75, 3.05) is 6.61 Å². The molecular weight excluding hydrogens is 478 g/mol. The molecule has 0 saturated carbocycles. The molecule has 0 aliphatic rings. The molecule has 0 aliphatic carbocycles. The molecule has 0 heterocycles. The van der Waals surface area contributed by atoms with E-state index in [1.54, 1.807) is 0 Å². The van der Waals surface area contributed by atoms with Gasteiger partial charge in [-0.1, -0.05) is 112 Å². The summed E-state index contributed by atoms with van der Waals surface area (Å²) in [4.78, 5) is 25.7. The Balaban J connectivity index is 1.91. The Labute approximate surface area is 222 Å². The molecule has 1 amide bonds. The molecule has 5 nitrogen and oxygen atoms in total. The molecule has 3 aromatic carbocycles. The van der Waals surface area contributed by atoms with Crippen molar-refractivity contribution in [3.8, 4) is 0 Å². The maximum atomic E-state index is 13.6. The highest BCUT2D eigenvalue weighted by Gasteiger charge is 2.40. The molecule has 0 aliphatic heterocycles. The van der Waals surface area contributed by atoms with Gasteiger partial charge in [0, 0.05) is 19.4 Å². The van der Waals surface area contributed by atoms with Gasteiger partial charge in [0.15, 0.2) is 8.32 Å². The Morgan fingerprint density at radius 2 is 1.22 bits per heavy atom. The Morgan fingerprint density at radius 3 is 1.57 bits per heavy atom. The third-order valence-corrected chi connectivity index (χ3v) is 12.1. The van der Waals surface area contributed by atoms with E-state index < -0.39 is 25.7 Å². The summed E-state index contributed by atoms with van der Waals surface area (Å²) in [6.07, 6.45) is 0.278. The normalized spacial score (nSPS) is 13.1. The number of hydrogen-bond acceptors (Lipinski definition) is 3. The zero-order chi connectivity index (χ0) is 27.1. The fourth-order valence-corrected chi connectivity index (χ4v) is 5.43. The largest absolute Gasteiger partial charge is 0.480 e. The molecule has 196 valence electrons. The first kappa shape index (κ1) is 28.3. The summed E-state index contributed by atoms with van der Waals surface area (Å²) < 4.78 is 6.19. The Hall–Kier alpha value is -3.22. The van der Waals surface area contributed by atoms with Gasteiger partial charge in [0.2, 0.25) is 5.91 Å². The van der Waals surface area contributed by atoms with Gasteiger partial charge >= 0.3 is 5.97 Å². The van der Waals surface area contributed by atoms with E-state index in [0.29, 0.717) is 0 Å². The lowest BCUT2D eigenvalue weighted by Gasteiger charge is -2.37. The molecule has 0 radical (unpaired) electrons. The highest BCUT2D eigenvalue weighted by atomic mass is 28.4. The molecular formula is C31H39NO4Si. The third-order valence-electron chi connectivity index (χ3n) is 7.53. The number of amides is 1. The van der Waals surface area contributed by atoms with Gasteiger partial charge in [0.25, 0.3) is 0 Å². The second-order valence-corrected chi connectivity index (χ2v) is 15.8. The van der Waals surface area contributed by atoms with Crippen LogP contribution in [-0.2, 0) is 19.4 Å². The molecule has 0 bridgehead atoms. The van der Waals surface area contributed by atoms with Crippen LogP contribution >= 0.6 is 0 Å². The van der Waals surface area contributed by atoms with Gasteiger partial charge in [-0.25, -0.2) is 4.79 Å². The van der Waals surface area contributed by atoms with Crippen LogP contribution in [0, 0.1) is 0 Å². The maximum Gasteiger partial charge on any atom is 0.326 e. The van der Waals surface area contributed by atoms with E-state index >= 15 is 0 Å². The van der Waals surface area contributed by atoms with Gasteiger partial charge < -0.3 is 14.8 Å². The fourth-order valence-electron chi connectivity index (χ4n) is 4.37. The number of benzene rings is 3. The van der Waals surface area contributed by atoms with Crippen LogP contribution in [0.3, 0.4) is 0 Å². The van der Waals surface area contributed by atoms with Crippen molar-refractivity contribution in [2.45, 2.75) is 63.2 Å². The first-order valence-corrected chi connectivity index (χ1v) is 15.7. The summed E-state index contributed by atoms with van der Waals surface area (Å²) >= 11 is 0. The number of carbonyl (C=O) groups is 2. The van der Waals surface area contributed by atoms with Gasteiger partial charge in [0.1, 0.15) is 6.04 Å². The van der Waals surface area contributed by atoms with Gasteiger partial charge in [-0.05, 0) is 34.8 Å². The Morgan fingerprint density at radius 1 is 0.811 bits per heavy atom. The van der Waals surface area contributed by atoms with Crippen molar-refractivity contribution in [3.63, 3.8) is 0 Å². The van der Waals surface area contributed by atoms with E-state index in [9.17, 15) is 14.7 Å². The first-order valence-electron chi connectivity index (χ1n) is 12.8. The first-order chi connectivity index (χ1) is 17.5. The lowest BCUT2D eigenvalue weighted by Crippen LogP contribution is -2.46. The van der Waals surface area contributed by atoms with Gasteiger partial charge in [-0.15, -0.1) is 0 Å². The molecule has 37 heavy (non-hydrogen) atoms. The predicted octanol–water partition coefficient (Wildman–Crippen LogP) is 6.39. The topological polar surface area (TPSA) is 75.6 Å². The maximum absolute atomic E-state index is 13.6. The zero-order valence-corrected chi connectivity index (χ0v) is 23.5. The summed E-state index contributed by atoms with van der Waals surface area (Å²) in [5, 5.41) is 12.7. The quantitative estimate of drug-likeness (QED) is 0.228. The summed E-state index contributed by atoms with van der Waals surface area (Å²) in [5.41, 5.74) is 2.12. The van der Waals surface area contributed by atoms with Crippen molar-refractivity contribution in [1.29, 1.82) is 0 Å². The summed E-state index contributed by atoms with van der Waals surface area (Å²) in [5.74, 6) is -1.38. The average molecular weight is 518 g/mol. The molecule has 6 heteroatoms. The van der Waals surface area contributed by atoms with Crippen LogP contribution in [0.4, 0.5) is 0 Å². The van der Waals surface area contributed by atoms with E-state index in [1.807, 2.05) is 91.0 Å². The van der Waals surface area contributed by atoms with E-state index in [0.717, 1.165) is 16.7 Å². The number of nitrogens with one attached hydrogen (secondary N) is 1. The molecule has 2 N–H and O–H groups in total. The van der Waals surface area contributed by atoms with Crippen LogP contribution < -0.4 is 5.32 Å². The number of rotatable bonds is 11. The van der Waals surface area contributed by atoms with E-state index in [1.165, 1.54) is 0 Å². The highest BCUT2D eigenvalue weighted by Crippen LogP contribution is 2.42. The predicted molar refractivity (Wildman–Crippen MR) is 151 cm³/mol. The van der Waals surface area contributed by atoms with Crippen molar-refractivity contribution in [1.82, 2.24) is 5.32 Å². The third kappa shape index (κ3) is 6.76. The van der Waals surface area contributed by atoms with Crippen molar-refractivity contribution < 1.29 is 19.1 Å². The van der Waals surface area contributed by atoms with E-state index in [4.69, 9.17) is 4.43 Å². The van der Waals surface area contributed by atoms with E-state index in [2.05, 4.69) is 39.2 Å². The van der Waals surface area contributed by atoms with Gasteiger partial charge in [-0.2, -0.15) is 0 Å². The molecule has 3 aromatic rings. The van der Waals surface area contributed by atoms with Crippen LogP contribution in [0.2, 0.25) is 18.1 Å². The Kier molecular flexibility index (Phi) is 9.10. The minimum Gasteiger partial charge on any atom is -0.480 e. The number of carboxylic acids is 1. The molecule has 0 spiro atoms. The second-order valence-electron chi connectivity index (χ2n) is 11.0. The van der Waals surface area contributed by atoms with Crippen LogP contribution in [0.15, 0.2) is 91.0 Å². The van der Waals surface area contributed by atoms with Crippen molar-refractivity contribution in [3.05, 3.63) is 108 Å². The van der Waals surface area contributed by atoms with Gasteiger partial charge in [0.05, 0.1) is 5.41 Å². The van der Waals surface area contributed by atoms with Gasteiger partial charge in [-0.3, -0.25) is 4.79 Å². The van der Waals surface area contributed by atoms with Crippen LogP contribution in [-0.4, -0.2) is 37.9 Å². The molecule has 1 atom stereocenters. The lowest BCUT2D eigenvalue weighted by molar-refractivity contribution is -0.142. The van der Waals surface area contributed by atoms with Crippen molar-refractivity contribution in [2.24, 2.45) is 0 Å². The molecule has 3 rings (SSSR count). The molecule has 0 saturated heterocycles. The second kappa shape index (κ2) is 11.9. The smallest absolute Gasteiger partial charge is 0.326 e. The van der Waals surface area contributed by atoms with Crippen LogP contribution in [0.25, 0.3) is 0 Å². The molecule has 0 fully saturated rings. The number of carbonyl (C=O) groups excluding carboxylic acids is 1. The van der Waals surface area contributed by atoms with Crippen LogP contribution in [0.5, 0.6) is 0 Å².